The highest BCUT2D eigenvalue weighted by atomic mass is 32.2. The Morgan fingerprint density at radius 2 is 1.87 bits per heavy atom. The van der Waals surface area contributed by atoms with E-state index in [2.05, 4.69) is 20.6 Å². The summed E-state index contributed by atoms with van der Waals surface area (Å²) in [5.41, 5.74) is 7.38. The molecule has 0 bridgehead atoms. The number of aromatic hydroxyl groups is 1. The molecule has 1 aliphatic rings. The summed E-state index contributed by atoms with van der Waals surface area (Å²) in [5.74, 6) is -2.07. The fourth-order valence-electron chi connectivity index (χ4n) is 4.34. The van der Waals surface area contributed by atoms with Crippen molar-refractivity contribution < 1.29 is 29.4 Å². The van der Waals surface area contributed by atoms with Gasteiger partial charge in [-0.3, -0.25) is 14.4 Å². The summed E-state index contributed by atoms with van der Waals surface area (Å²) in [7, 11) is 0. The standard InChI is InChI=1S/C25H34N6O6S/c1-38-10-8-19(29-22(33)18(26)12-16-13-27-14-28-16)23(34)30-20(11-15-4-6-17(32)7-5-15)24(35)31-9-2-3-21(31)25(36)37/h4-7,13-14,18-21,32H,2-3,8-12,26H2,1H3,(H,27,28)(H,29,33)(H,30,34)(H,36,37). The Bertz CT molecular complexity index is 1100. The Morgan fingerprint density at radius 1 is 1.16 bits per heavy atom. The number of amides is 3. The fourth-order valence-corrected chi connectivity index (χ4v) is 4.81. The number of imidazole rings is 1. The van der Waals surface area contributed by atoms with Crippen LogP contribution in [0.1, 0.15) is 30.5 Å². The predicted molar refractivity (Wildman–Crippen MR) is 141 cm³/mol. The number of phenols is 1. The molecule has 1 saturated heterocycles. The zero-order chi connectivity index (χ0) is 27.7. The number of aliphatic carboxylic acids is 1. The Hall–Kier alpha value is -3.58. The smallest absolute Gasteiger partial charge is 0.326 e. The first kappa shape index (κ1) is 29.0. The number of carbonyl (C=O) groups is 4. The molecule has 3 amide bonds. The number of H-pyrrole nitrogens is 1. The van der Waals surface area contributed by atoms with Gasteiger partial charge in [0.1, 0.15) is 23.9 Å². The lowest BCUT2D eigenvalue weighted by molar-refractivity contribution is -0.149. The van der Waals surface area contributed by atoms with Crippen molar-refractivity contribution in [2.45, 2.75) is 56.3 Å². The molecule has 12 nitrogen and oxygen atoms in total. The number of nitrogens with two attached hydrogens (primary N) is 1. The third-order valence-corrected chi connectivity index (χ3v) is 7.03. The van der Waals surface area contributed by atoms with E-state index in [1.807, 2.05) is 6.26 Å². The van der Waals surface area contributed by atoms with Crippen molar-refractivity contribution >= 4 is 35.5 Å². The van der Waals surface area contributed by atoms with Gasteiger partial charge in [-0.2, -0.15) is 11.8 Å². The number of hydrogen-bond donors (Lipinski definition) is 6. The average molecular weight is 547 g/mol. The Labute approximate surface area is 224 Å². The van der Waals surface area contributed by atoms with E-state index >= 15 is 0 Å². The van der Waals surface area contributed by atoms with E-state index in [1.54, 1.807) is 18.3 Å². The van der Waals surface area contributed by atoms with Crippen LogP contribution in [0.5, 0.6) is 5.75 Å². The van der Waals surface area contributed by atoms with Crippen LogP contribution in [0.15, 0.2) is 36.8 Å². The maximum Gasteiger partial charge on any atom is 0.326 e. The lowest BCUT2D eigenvalue weighted by Crippen LogP contribution is -2.58. The second-order valence-corrected chi connectivity index (χ2v) is 10.2. The molecule has 3 rings (SSSR count). The van der Waals surface area contributed by atoms with Crippen LogP contribution in [0, 0.1) is 0 Å². The second-order valence-electron chi connectivity index (χ2n) is 9.19. The maximum absolute atomic E-state index is 13.5. The summed E-state index contributed by atoms with van der Waals surface area (Å²) in [6.45, 7) is 0.271. The third-order valence-electron chi connectivity index (χ3n) is 6.39. The Balaban J connectivity index is 1.76. The fraction of sp³-hybridized carbons (Fsp3) is 0.480. The molecule has 2 heterocycles. The summed E-state index contributed by atoms with van der Waals surface area (Å²) >= 11 is 1.50. The van der Waals surface area contributed by atoms with E-state index < -0.39 is 47.9 Å². The molecule has 1 aliphatic heterocycles. The zero-order valence-electron chi connectivity index (χ0n) is 21.1. The van der Waals surface area contributed by atoms with Gasteiger partial charge >= 0.3 is 5.97 Å². The quantitative estimate of drug-likeness (QED) is 0.201. The molecule has 0 aliphatic carbocycles. The maximum atomic E-state index is 13.5. The first-order valence-electron chi connectivity index (χ1n) is 12.3. The molecule has 38 heavy (non-hydrogen) atoms. The summed E-state index contributed by atoms with van der Waals surface area (Å²) in [5, 5.41) is 24.6. The summed E-state index contributed by atoms with van der Waals surface area (Å²) in [4.78, 5) is 59.5. The Morgan fingerprint density at radius 3 is 2.50 bits per heavy atom. The second kappa shape index (κ2) is 13.8. The molecule has 1 fully saturated rings. The normalized spacial score (nSPS) is 17.4. The van der Waals surface area contributed by atoms with E-state index in [0.29, 0.717) is 36.3 Å². The number of aromatic amines is 1. The van der Waals surface area contributed by atoms with Crippen LogP contribution in [-0.4, -0.2) is 91.5 Å². The zero-order valence-corrected chi connectivity index (χ0v) is 21.9. The monoisotopic (exact) mass is 546 g/mol. The third kappa shape index (κ3) is 7.96. The van der Waals surface area contributed by atoms with E-state index in [0.717, 1.165) is 0 Å². The lowest BCUT2D eigenvalue weighted by atomic mass is 10.0. The topological polar surface area (TPSA) is 191 Å². The van der Waals surface area contributed by atoms with Gasteiger partial charge in [0.05, 0.1) is 12.4 Å². The van der Waals surface area contributed by atoms with Gasteiger partial charge in [-0.05, 0) is 49.0 Å². The molecule has 13 heteroatoms. The largest absolute Gasteiger partial charge is 0.508 e. The highest BCUT2D eigenvalue weighted by molar-refractivity contribution is 7.98. The van der Waals surface area contributed by atoms with Gasteiger partial charge in [-0.25, -0.2) is 9.78 Å². The molecule has 1 aromatic heterocycles. The molecule has 4 unspecified atom stereocenters. The van der Waals surface area contributed by atoms with Crippen LogP contribution in [0.3, 0.4) is 0 Å². The summed E-state index contributed by atoms with van der Waals surface area (Å²) < 4.78 is 0. The number of carboxylic acid groups (broad SMARTS) is 1. The average Bonchev–Trinajstić information content (AvgIpc) is 3.59. The number of nitrogens with one attached hydrogen (secondary N) is 3. The van der Waals surface area contributed by atoms with Crippen LogP contribution in [0.25, 0.3) is 0 Å². The number of benzene rings is 1. The number of hydrogen-bond acceptors (Lipinski definition) is 8. The lowest BCUT2D eigenvalue weighted by Gasteiger charge is -2.29. The number of aromatic nitrogens is 2. The van der Waals surface area contributed by atoms with Gasteiger partial charge in [0.15, 0.2) is 0 Å². The molecule has 1 aromatic carbocycles. The van der Waals surface area contributed by atoms with Crippen LogP contribution in [0.2, 0.25) is 0 Å². The highest BCUT2D eigenvalue weighted by Gasteiger charge is 2.38. The van der Waals surface area contributed by atoms with Crippen molar-refractivity contribution in [2.24, 2.45) is 5.73 Å². The minimum absolute atomic E-state index is 0.0532. The van der Waals surface area contributed by atoms with E-state index in [1.165, 1.54) is 35.1 Å². The van der Waals surface area contributed by atoms with Gasteiger partial charge in [-0.15, -0.1) is 0 Å². The predicted octanol–water partition coefficient (Wildman–Crippen LogP) is 0.0261. The number of carboxylic acids is 1. The first-order valence-corrected chi connectivity index (χ1v) is 13.7. The van der Waals surface area contributed by atoms with Crippen molar-refractivity contribution in [1.29, 1.82) is 0 Å². The SMILES string of the molecule is CSCCC(NC(=O)C(N)Cc1cnc[nH]1)C(=O)NC(Cc1ccc(O)cc1)C(=O)N1CCCC1C(=O)O. The van der Waals surface area contributed by atoms with Gasteiger partial charge in [0, 0.05) is 31.3 Å². The van der Waals surface area contributed by atoms with Crippen molar-refractivity contribution in [3.8, 4) is 5.75 Å². The van der Waals surface area contributed by atoms with Crippen molar-refractivity contribution in [2.75, 3.05) is 18.6 Å². The molecular formula is C25H34N6O6S. The van der Waals surface area contributed by atoms with Gasteiger partial charge in [0.2, 0.25) is 17.7 Å². The Kier molecular flexibility index (Phi) is 10.5. The van der Waals surface area contributed by atoms with Crippen molar-refractivity contribution in [3.63, 3.8) is 0 Å². The van der Waals surface area contributed by atoms with Crippen LogP contribution >= 0.6 is 11.8 Å². The molecule has 206 valence electrons. The first-order chi connectivity index (χ1) is 18.2. The van der Waals surface area contributed by atoms with Crippen molar-refractivity contribution in [3.05, 3.63) is 48.0 Å². The number of nitrogens with zero attached hydrogens (tertiary/aromatic N) is 2. The van der Waals surface area contributed by atoms with Gasteiger partial charge in [0.25, 0.3) is 0 Å². The highest BCUT2D eigenvalue weighted by Crippen LogP contribution is 2.20. The van der Waals surface area contributed by atoms with Crippen LogP contribution in [-0.2, 0) is 32.0 Å². The number of carbonyl (C=O) groups excluding carboxylic acids is 3. The molecule has 0 spiro atoms. The number of rotatable bonds is 13. The number of thioether (sulfide) groups is 1. The van der Waals surface area contributed by atoms with Crippen molar-refractivity contribution in [1.82, 2.24) is 25.5 Å². The summed E-state index contributed by atoms with van der Waals surface area (Å²) in [6, 6.07) is 2.29. The molecule has 0 saturated carbocycles. The number of phenolic OH excluding ortho intramolecular Hbond substituents is 1. The minimum Gasteiger partial charge on any atom is -0.508 e. The minimum atomic E-state index is -1.10. The van der Waals surface area contributed by atoms with Crippen LogP contribution in [0.4, 0.5) is 0 Å². The van der Waals surface area contributed by atoms with Crippen LogP contribution < -0.4 is 16.4 Å². The molecule has 7 N–H and O–H groups in total. The van der Waals surface area contributed by atoms with E-state index in [9.17, 15) is 29.4 Å². The van der Waals surface area contributed by atoms with Gasteiger partial charge in [-0.1, -0.05) is 12.1 Å². The molecule has 2 aromatic rings. The van der Waals surface area contributed by atoms with E-state index in [4.69, 9.17) is 5.73 Å². The number of likely N-dealkylation sites (tertiary alicyclic amines) is 1. The summed E-state index contributed by atoms with van der Waals surface area (Å²) in [6.07, 6.45) is 6.38. The van der Waals surface area contributed by atoms with E-state index in [-0.39, 0.29) is 25.1 Å². The molecular weight excluding hydrogens is 512 g/mol. The molecule has 4 atom stereocenters. The van der Waals surface area contributed by atoms with Gasteiger partial charge < -0.3 is 36.5 Å². The molecule has 0 radical (unpaired) electrons.